The van der Waals surface area contributed by atoms with Gasteiger partial charge in [0.05, 0.1) is 20.3 Å². The molecule has 8 nitrogen and oxygen atoms in total. The number of morpholine rings is 1. The number of carbonyl (C=O) groups excluding carboxylic acids is 2. The zero-order valence-electron chi connectivity index (χ0n) is 18.5. The summed E-state index contributed by atoms with van der Waals surface area (Å²) in [6.07, 6.45) is 3.18. The Bertz CT molecular complexity index is 863. The third kappa shape index (κ3) is 6.48. The molecule has 0 radical (unpaired) electrons. The number of cyclic esters (lactones) is 1. The number of benzene rings is 1. The van der Waals surface area contributed by atoms with Crippen molar-refractivity contribution < 1.29 is 33.6 Å². The second-order valence-electron chi connectivity index (χ2n) is 7.84. The summed E-state index contributed by atoms with van der Waals surface area (Å²) >= 11 is 0. The van der Waals surface area contributed by atoms with E-state index in [1.165, 1.54) is 0 Å². The Hall–Kier alpha value is -1.58. The van der Waals surface area contributed by atoms with Crippen molar-refractivity contribution in [1.29, 1.82) is 0 Å². The minimum absolute atomic E-state index is 0. The van der Waals surface area contributed by atoms with E-state index in [0.717, 1.165) is 44.0 Å². The monoisotopic (exact) mass is 457 g/mol. The number of nitrogens with zero attached hydrogens (tertiary/aromatic N) is 1. The van der Waals surface area contributed by atoms with Crippen LogP contribution in [0.5, 0.6) is 11.5 Å². The van der Waals surface area contributed by atoms with Gasteiger partial charge in [0.1, 0.15) is 30.3 Å². The Morgan fingerprint density at radius 1 is 1.25 bits per heavy atom. The SMILES string of the molecule is COc1c(C)c2c(c(O)c1C/C=C(\C)CCC(=O)OCCN1CCOCC1)C(=O)OC2.[NaH]. The summed E-state index contributed by atoms with van der Waals surface area (Å²) < 4.78 is 21.2. The van der Waals surface area contributed by atoms with Crippen molar-refractivity contribution in [2.24, 2.45) is 0 Å². The second-order valence-corrected chi connectivity index (χ2v) is 7.84. The number of aromatic hydroxyl groups is 1. The quantitative estimate of drug-likeness (QED) is 0.341. The molecule has 9 heteroatoms. The maximum atomic E-state index is 12.0. The zero-order chi connectivity index (χ0) is 22.4. The Labute approximate surface area is 211 Å². The van der Waals surface area contributed by atoms with Crippen LogP contribution in [0.15, 0.2) is 11.6 Å². The molecule has 3 rings (SSSR count). The van der Waals surface area contributed by atoms with E-state index >= 15 is 0 Å². The summed E-state index contributed by atoms with van der Waals surface area (Å²) in [5.41, 5.74) is 3.23. The van der Waals surface area contributed by atoms with E-state index in [4.69, 9.17) is 18.9 Å². The van der Waals surface area contributed by atoms with Gasteiger partial charge in [0.15, 0.2) is 0 Å². The van der Waals surface area contributed by atoms with Gasteiger partial charge >= 0.3 is 41.5 Å². The van der Waals surface area contributed by atoms with E-state index in [1.54, 1.807) is 7.11 Å². The van der Waals surface area contributed by atoms with Crippen molar-refractivity contribution in [2.75, 3.05) is 46.6 Å². The third-order valence-corrected chi connectivity index (χ3v) is 5.80. The minimum atomic E-state index is -0.514. The second kappa shape index (κ2) is 12.6. The average molecular weight is 457 g/mol. The molecule has 0 amide bonds. The molecule has 0 atom stereocenters. The number of phenolic OH excluding ortho intramolecular Hbond substituents is 1. The number of rotatable bonds is 9. The van der Waals surface area contributed by atoms with Gasteiger partial charge in [-0.15, -0.1) is 0 Å². The first-order valence-electron chi connectivity index (χ1n) is 10.6. The third-order valence-electron chi connectivity index (χ3n) is 5.80. The molecule has 2 aliphatic rings. The van der Waals surface area contributed by atoms with Crippen molar-refractivity contribution in [3.05, 3.63) is 33.9 Å². The van der Waals surface area contributed by atoms with E-state index < -0.39 is 5.97 Å². The van der Waals surface area contributed by atoms with Crippen LogP contribution in [-0.2, 0) is 32.0 Å². The van der Waals surface area contributed by atoms with Crippen LogP contribution in [0.25, 0.3) is 0 Å². The molecule has 1 aromatic rings. The maximum absolute atomic E-state index is 12.0. The molecule has 2 aliphatic heterocycles. The Morgan fingerprint density at radius 2 is 1.97 bits per heavy atom. The van der Waals surface area contributed by atoms with Gasteiger partial charge in [-0.25, -0.2) is 4.79 Å². The number of phenols is 1. The van der Waals surface area contributed by atoms with Gasteiger partial charge in [0.25, 0.3) is 0 Å². The summed E-state index contributed by atoms with van der Waals surface area (Å²) in [6.45, 7) is 8.23. The van der Waals surface area contributed by atoms with Gasteiger partial charge in [0.2, 0.25) is 0 Å². The number of hydrogen-bond donors (Lipinski definition) is 1. The molecule has 2 heterocycles. The number of methoxy groups -OCH3 is 1. The zero-order valence-corrected chi connectivity index (χ0v) is 18.5. The normalized spacial score (nSPS) is 16.2. The van der Waals surface area contributed by atoms with E-state index in [-0.39, 0.29) is 53.4 Å². The van der Waals surface area contributed by atoms with Crippen molar-refractivity contribution in [3.8, 4) is 11.5 Å². The van der Waals surface area contributed by atoms with Gasteiger partial charge in [-0.1, -0.05) is 11.6 Å². The van der Waals surface area contributed by atoms with E-state index in [1.807, 2.05) is 19.9 Å². The van der Waals surface area contributed by atoms with E-state index in [2.05, 4.69) is 4.90 Å². The first-order valence-corrected chi connectivity index (χ1v) is 10.6. The van der Waals surface area contributed by atoms with Crippen LogP contribution in [-0.4, -0.2) is 98.1 Å². The fourth-order valence-electron chi connectivity index (χ4n) is 3.89. The number of allylic oxidation sites excluding steroid dienone is 2. The van der Waals surface area contributed by atoms with Crippen molar-refractivity contribution in [3.63, 3.8) is 0 Å². The number of esters is 2. The molecule has 1 fully saturated rings. The number of hydrogen-bond acceptors (Lipinski definition) is 8. The Kier molecular flexibility index (Phi) is 10.5. The van der Waals surface area contributed by atoms with E-state index in [9.17, 15) is 14.7 Å². The van der Waals surface area contributed by atoms with Crippen LogP contribution in [0.2, 0.25) is 0 Å². The molecule has 0 unspecified atom stereocenters. The predicted molar refractivity (Wildman–Crippen MR) is 121 cm³/mol. The Morgan fingerprint density at radius 3 is 2.66 bits per heavy atom. The fraction of sp³-hybridized carbons (Fsp3) is 0.565. The summed E-state index contributed by atoms with van der Waals surface area (Å²) in [4.78, 5) is 26.2. The molecule has 0 aliphatic carbocycles. The molecule has 1 aromatic carbocycles. The van der Waals surface area contributed by atoms with Gasteiger partial charge in [-0.2, -0.15) is 0 Å². The average Bonchev–Trinajstić information content (AvgIpc) is 3.16. The molecule has 172 valence electrons. The summed E-state index contributed by atoms with van der Waals surface area (Å²) in [7, 11) is 1.54. The first kappa shape index (κ1) is 26.7. The molecular weight excluding hydrogens is 425 g/mol. The standard InChI is InChI=1S/C23H31NO7.Na.H/c1-15(5-7-19(25)30-13-10-24-8-11-29-12-9-24)4-6-17-21(26)20-18(14-31-23(20)27)16(2)22(17)28-3;;/h4,26H,5-14H2,1-3H3;;/b15-4+;;. The van der Waals surface area contributed by atoms with Crippen LogP contribution in [0.3, 0.4) is 0 Å². The van der Waals surface area contributed by atoms with Crippen LogP contribution in [0.1, 0.15) is 46.8 Å². The molecule has 0 bridgehead atoms. The van der Waals surface area contributed by atoms with Gasteiger partial charge in [0, 0.05) is 37.2 Å². The number of ether oxygens (including phenoxy) is 4. The topological polar surface area (TPSA) is 94.5 Å². The molecule has 0 spiro atoms. The van der Waals surface area contributed by atoms with E-state index in [0.29, 0.717) is 42.7 Å². The summed E-state index contributed by atoms with van der Waals surface area (Å²) in [5, 5.41) is 10.7. The van der Waals surface area contributed by atoms with Crippen molar-refractivity contribution in [2.45, 2.75) is 39.7 Å². The van der Waals surface area contributed by atoms with Gasteiger partial charge in [-0.05, 0) is 32.3 Å². The fourth-order valence-corrected chi connectivity index (χ4v) is 3.89. The van der Waals surface area contributed by atoms with Gasteiger partial charge < -0.3 is 24.1 Å². The molecule has 1 N–H and O–H groups in total. The summed E-state index contributed by atoms with van der Waals surface area (Å²) in [6, 6.07) is 0. The molecule has 32 heavy (non-hydrogen) atoms. The molecular formula is C23H32NNaO7. The Balaban J connectivity index is 0.00000363. The van der Waals surface area contributed by atoms with Crippen molar-refractivity contribution in [1.82, 2.24) is 4.90 Å². The molecule has 1 saturated heterocycles. The molecule has 0 aromatic heterocycles. The molecule has 0 saturated carbocycles. The van der Waals surface area contributed by atoms with Crippen LogP contribution < -0.4 is 4.74 Å². The first-order chi connectivity index (χ1) is 14.9. The summed E-state index contributed by atoms with van der Waals surface area (Å²) in [5.74, 6) is -0.273. The van der Waals surface area contributed by atoms with Crippen LogP contribution in [0.4, 0.5) is 0 Å². The predicted octanol–water partition coefficient (Wildman–Crippen LogP) is 1.88. The van der Waals surface area contributed by atoms with Crippen LogP contribution in [0, 0.1) is 6.92 Å². The number of fused-ring (bicyclic) bond motifs is 1. The van der Waals surface area contributed by atoms with Gasteiger partial charge in [-0.3, -0.25) is 9.69 Å². The number of carbonyl (C=O) groups is 2. The van der Waals surface area contributed by atoms with Crippen LogP contribution >= 0.6 is 0 Å². The van der Waals surface area contributed by atoms with Crippen molar-refractivity contribution >= 4 is 41.5 Å².